The molecule has 0 spiro atoms. The number of anilines is 2. The van der Waals surface area contributed by atoms with Crippen molar-refractivity contribution in [3.8, 4) is 0 Å². The van der Waals surface area contributed by atoms with E-state index >= 15 is 0 Å². The first-order valence-electron chi connectivity index (χ1n) is 9.48. The van der Waals surface area contributed by atoms with Gasteiger partial charge in [-0.05, 0) is 13.3 Å². The van der Waals surface area contributed by atoms with E-state index in [1.165, 1.54) is 0 Å². The van der Waals surface area contributed by atoms with Crippen molar-refractivity contribution in [3.63, 3.8) is 0 Å². The molecule has 0 atom stereocenters. The summed E-state index contributed by atoms with van der Waals surface area (Å²) in [7, 11) is 1.92. The number of hydrogen-bond acceptors (Lipinski definition) is 8. The number of unbranched alkanes of at least 4 members (excludes halogenated alkanes) is 1. The average Bonchev–Trinajstić information content (AvgIpc) is 3.04. The molecule has 1 aliphatic rings. The predicted molar refractivity (Wildman–Crippen MR) is 103 cm³/mol. The fourth-order valence-corrected chi connectivity index (χ4v) is 2.92. The van der Waals surface area contributed by atoms with Crippen molar-refractivity contribution in [2.45, 2.75) is 26.7 Å². The molecular formula is C17H28N8O2. The second-order valence-electron chi connectivity index (χ2n) is 6.49. The molecule has 148 valence electrons. The Morgan fingerprint density at radius 2 is 2.00 bits per heavy atom. The van der Waals surface area contributed by atoms with Gasteiger partial charge in [-0.3, -0.25) is 5.43 Å². The lowest BCUT2D eigenvalue weighted by atomic mass is 10.3. The van der Waals surface area contributed by atoms with Crippen LogP contribution in [-0.2, 0) is 11.8 Å². The first-order valence-corrected chi connectivity index (χ1v) is 9.48. The standard InChI is InChI=1S/C17H28N8O2/c1-4-6-7-18-14-13-15(23(3)12-19-13)21-16(20-14)22-25-10-8-24(9-11-25)17(26)27-5-2/h12H,4-11H2,1-3H3,(H2,18,20,21,22). The fourth-order valence-electron chi connectivity index (χ4n) is 2.92. The van der Waals surface area contributed by atoms with E-state index in [2.05, 4.69) is 32.6 Å². The highest BCUT2D eigenvalue weighted by molar-refractivity contribution is 5.84. The Bertz CT molecular complexity index is 770. The maximum Gasteiger partial charge on any atom is 0.409 e. The smallest absolute Gasteiger partial charge is 0.409 e. The average molecular weight is 376 g/mol. The lowest BCUT2D eigenvalue weighted by Gasteiger charge is -2.33. The number of aryl methyl sites for hydroxylation is 1. The van der Waals surface area contributed by atoms with E-state index in [4.69, 9.17) is 4.74 Å². The van der Waals surface area contributed by atoms with Gasteiger partial charge in [-0.2, -0.15) is 9.97 Å². The maximum atomic E-state index is 11.8. The number of hydrazine groups is 1. The van der Waals surface area contributed by atoms with Crippen LogP contribution in [0.1, 0.15) is 26.7 Å². The largest absolute Gasteiger partial charge is 0.450 e. The van der Waals surface area contributed by atoms with E-state index in [1.54, 1.807) is 11.2 Å². The van der Waals surface area contributed by atoms with E-state index in [0.29, 0.717) is 38.7 Å². The van der Waals surface area contributed by atoms with E-state index in [9.17, 15) is 4.79 Å². The van der Waals surface area contributed by atoms with Crippen LogP contribution in [0, 0.1) is 0 Å². The monoisotopic (exact) mass is 376 g/mol. The van der Waals surface area contributed by atoms with Crippen LogP contribution >= 0.6 is 0 Å². The van der Waals surface area contributed by atoms with E-state index in [0.717, 1.165) is 36.4 Å². The van der Waals surface area contributed by atoms with Gasteiger partial charge in [-0.1, -0.05) is 13.3 Å². The molecule has 2 aromatic rings. The molecular weight excluding hydrogens is 348 g/mol. The van der Waals surface area contributed by atoms with Crippen LogP contribution in [0.3, 0.4) is 0 Å². The summed E-state index contributed by atoms with van der Waals surface area (Å²) in [6.07, 6.45) is 3.66. The molecule has 3 rings (SSSR count). The summed E-state index contributed by atoms with van der Waals surface area (Å²) in [4.78, 5) is 27.1. The van der Waals surface area contributed by atoms with Crippen molar-refractivity contribution in [1.82, 2.24) is 29.4 Å². The number of hydrogen-bond donors (Lipinski definition) is 2. The third-order valence-corrected chi connectivity index (χ3v) is 4.45. The van der Waals surface area contributed by atoms with Crippen molar-refractivity contribution < 1.29 is 9.53 Å². The highest BCUT2D eigenvalue weighted by Gasteiger charge is 2.23. The first kappa shape index (κ1) is 19.2. The summed E-state index contributed by atoms with van der Waals surface area (Å²) in [5.41, 5.74) is 4.81. The molecule has 0 aliphatic carbocycles. The zero-order valence-electron chi connectivity index (χ0n) is 16.2. The zero-order valence-corrected chi connectivity index (χ0v) is 16.2. The minimum absolute atomic E-state index is 0.257. The number of imidazole rings is 1. The van der Waals surface area contributed by atoms with Gasteiger partial charge in [-0.25, -0.2) is 14.8 Å². The lowest BCUT2D eigenvalue weighted by molar-refractivity contribution is 0.0851. The highest BCUT2D eigenvalue weighted by Crippen LogP contribution is 2.20. The first-order chi connectivity index (χ1) is 13.1. The molecule has 1 fully saturated rings. The summed E-state index contributed by atoms with van der Waals surface area (Å²) >= 11 is 0. The number of nitrogens with one attached hydrogen (secondary N) is 2. The molecule has 0 radical (unpaired) electrons. The van der Waals surface area contributed by atoms with Crippen LogP contribution in [0.25, 0.3) is 11.2 Å². The van der Waals surface area contributed by atoms with Crippen LogP contribution in [0.2, 0.25) is 0 Å². The number of rotatable bonds is 7. The Labute approximate surface area is 158 Å². The van der Waals surface area contributed by atoms with Crippen LogP contribution in [0.5, 0.6) is 0 Å². The highest BCUT2D eigenvalue weighted by atomic mass is 16.6. The number of amides is 1. The van der Waals surface area contributed by atoms with Crippen LogP contribution < -0.4 is 10.7 Å². The molecule has 3 heterocycles. The Hall–Kier alpha value is -2.62. The van der Waals surface area contributed by atoms with Gasteiger partial charge < -0.3 is 19.5 Å². The molecule has 0 bridgehead atoms. The quantitative estimate of drug-likeness (QED) is 0.704. The van der Waals surface area contributed by atoms with Gasteiger partial charge in [0, 0.05) is 39.8 Å². The summed E-state index contributed by atoms with van der Waals surface area (Å²) in [5.74, 6) is 1.26. The van der Waals surface area contributed by atoms with Crippen LogP contribution in [0.15, 0.2) is 6.33 Å². The summed E-state index contributed by atoms with van der Waals surface area (Å²) in [6.45, 7) is 7.74. The van der Waals surface area contributed by atoms with Gasteiger partial charge in [0.2, 0.25) is 5.95 Å². The molecule has 10 heteroatoms. The van der Waals surface area contributed by atoms with Crippen molar-refractivity contribution in [2.24, 2.45) is 7.05 Å². The van der Waals surface area contributed by atoms with Crippen LogP contribution in [0.4, 0.5) is 16.6 Å². The van der Waals surface area contributed by atoms with Gasteiger partial charge in [0.15, 0.2) is 17.0 Å². The van der Waals surface area contributed by atoms with Crippen molar-refractivity contribution in [3.05, 3.63) is 6.33 Å². The van der Waals surface area contributed by atoms with Gasteiger partial charge in [-0.15, -0.1) is 0 Å². The molecule has 10 nitrogen and oxygen atoms in total. The summed E-state index contributed by atoms with van der Waals surface area (Å²) in [5, 5.41) is 5.38. The third-order valence-electron chi connectivity index (χ3n) is 4.45. The molecule has 1 saturated heterocycles. The molecule has 1 amide bonds. The molecule has 2 N–H and O–H groups in total. The zero-order chi connectivity index (χ0) is 19.2. The Balaban J connectivity index is 1.68. The van der Waals surface area contributed by atoms with Crippen LogP contribution in [-0.4, -0.2) is 74.9 Å². The van der Waals surface area contributed by atoms with Crippen molar-refractivity contribution in [2.75, 3.05) is 50.1 Å². The minimum atomic E-state index is -0.257. The second-order valence-corrected chi connectivity index (χ2v) is 6.49. The predicted octanol–water partition coefficient (Wildman–Crippen LogP) is 1.68. The Morgan fingerprint density at radius 1 is 1.22 bits per heavy atom. The Morgan fingerprint density at radius 3 is 2.70 bits per heavy atom. The number of nitrogens with zero attached hydrogens (tertiary/aromatic N) is 6. The molecule has 27 heavy (non-hydrogen) atoms. The number of carbonyl (C=O) groups excluding carboxylic acids is 1. The second kappa shape index (κ2) is 8.85. The summed E-state index contributed by atoms with van der Waals surface area (Å²) in [6, 6.07) is 0. The fraction of sp³-hybridized carbons (Fsp3) is 0.647. The van der Waals surface area contributed by atoms with Gasteiger partial charge in [0.05, 0.1) is 12.9 Å². The van der Waals surface area contributed by atoms with E-state index in [1.807, 2.05) is 23.5 Å². The number of piperazine rings is 1. The molecule has 0 unspecified atom stereocenters. The molecule has 1 aliphatic heterocycles. The van der Waals surface area contributed by atoms with Gasteiger partial charge in [0.25, 0.3) is 0 Å². The van der Waals surface area contributed by atoms with Gasteiger partial charge >= 0.3 is 6.09 Å². The molecule has 2 aromatic heterocycles. The lowest BCUT2D eigenvalue weighted by Crippen LogP contribution is -2.50. The number of fused-ring (bicyclic) bond motifs is 1. The number of ether oxygens (including phenoxy) is 1. The Kier molecular flexibility index (Phi) is 6.28. The van der Waals surface area contributed by atoms with E-state index < -0.39 is 0 Å². The summed E-state index contributed by atoms with van der Waals surface area (Å²) < 4.78 is 6.94. The number of aromatic nitrogens is 4. The third kappa shape index (κ3) is 4.57. The normalized spacial score (nSPS) is 15.1. The minimum Gasteiger partial charge on any atom is -0.450 e. The number of carbonyl (C=O) groups is 1. The van der Waals surface area contributed by atoms with Crippen molar-refractivity contribution in [1.29, 1.82) is 0 Å². The van der Waals surface area contributed by atoms with Gasteiger partial charge in [0.1, 0.15) is 0 Å². The molecule has 0 saturated carbocycles. The van der Waals surface area contributed by atoms with E-state index in [-0.39, 0.29) is 6.09 Å². The molecule has 0 aromatic carbocycles. The maximum absolute atomic E-state index is 11.8. The topological polar surface area (TPSA) is 100 Å². The van der Waals surface area contributed by atoms with Crippen molar-refractivity contribution >= 4 is 29.0 Å². The SMILES string of the molecule is CCCCNc1nc(NN2CCN(C(=O)OCC)CC2)nc2c1ncn2C.